The molecule has 9 rings (SSSR count). The molecule has 242 valence electrons. The van der Waals surface area contributed by atoms with Crippen LogP contribution in [-0.4, -0.2) is 24.6 Å². The molecule has 1 N–H and O–H groups in total. The zero-order valence-electron chi connectivity index (χ0n) is 27.9. The smallest absolute Gasteiger partial charge is 0.164 e. The molecule has 0 saturated carbocycles. The van der Waals surface area contributed by atoms with Gasteiger partial charge in [0, 0.05) is 33.0 Å². The third-order valence-electron chi connectivity index (χ3n) is 9.53. The highest BCUT2D eigenvalue weighted by molar-refractivity contribution is 6.10. The first-order valence-electron chi connectivity index (χ1n) is 17.0. The number of aromatic nitrogens is 4. The van der Waals surface area contributed by atoms with E-state index in [9.17, 15) is 5.11 Å². The van der Waals surface area contributed by atoms with Gasteiger partial charge in [-0.05, 0) is 53.4 Å². The van der Waals surface area contributed by atoms with Crippen LogP contribution in [0.4, 0.5) is 0 Å². The number of phenolic OH excluding ortho intramolecular Hbond substituents is 1. The summed E-state index contributed by atoms with van der Waals surface area (Å²) in [5.74, 6) is 2.03. The van der Waals surface area contributed by atoms with Crippen molar-refractivity contribution in [2.45, 2.75) is 6.92 Å². The van der Waals surface area contributed by atoms with Crippen molar-refractivity contribution in [2.24, 2.45) is 0 Å². The SMILES string of the molecule is Cc1ccccc1-c1c(O)cccc1-n1c2ccccc2c2ccc(-c3nc(-c4ccccc4)nc(-c4ccc(-c5ccccc5)cc4)n3)cc21. The van der Waals surface area contributed by atoms with Crippen LogP contribution in [0.5, 0.6) is 5.75 Å². The quantitative estimate of drug-likeness (QED) is 0.193. The summed E-state index contributed by atoms with van der Waals surface area (Å²) in [7, 11) is 0. The Balaban J connectivity index is 1.25. The van der Waals surface area contributed by atoms with Crippen LogP contribution in [0.15, 0.2) is 170 Å². The summed E-state index contributed by atoms with van der Waals surface area (Å²) in [6.07, 6.45) is 0. The number of rotatable bonds is 6. The van der Waals surface area contributed by atoms with Crippen molar-refractivity contribution in [2.75, 3.05) is 0 Å². The van der Waals surface area contributed by atoms with Crippen molar-refractivity contribution in [1.82, 2.24) is 19.5 Å². The average molecular weight is 657 g/mol. The predicted octanol–water partition coefficient (Wildman–Crippen LogP) is 11.3. The molecule has 0 aliphatic carbocycles. The van der Waals surface area contributed by atoms with Gasteiger partial charge in [-0.25, -0.2) is 15.0 Å². The number of fused-ring (bicyclic) bond motifs is 3. The summed E-state index contributed by atoms with van der Waals surface area (Å²) in [5.41, 5.74) is 10.8. The van der Waals surface area contributed by atoms with Gasteiger partial charge in [0.05, 0.1) is 16.7 Å². The maximum absolute atomic E-state index is 11.4. The Kier molecular flexibility index (Phi) is 7.44. The van der Waals surface area contributed by atoms with Crippen LogP contribution in [0.2, 0.25) is 0 Å². The number of benzene rings is 7. The van der Waals surface area contributed by atoms with Gasteiger partial charge in [0.1, 0.15) is 5.75 Å². The standard InChI is InChI=1S/C46H32N4O/c1-30-13-8-9-18-36(30)43-40(21-12-22-42(43)51)50-39-20-11-10-19-37(39)38-28-27-35(29-41(38)50)46-48-44(33-16-6-3-7-17-33)47-45(49-46)34-25-23-32(24-26-34)31-14-4-2-5-15-31/h2-29,51H,1H3. The monoisotopic (exact) mass is 656 g/mol. The van der Waals surface area contributed by atoms with Crippen LogP contribution < -0.4 is 0 Å². The molecule has 5 heteroatoms. The van der Waals surface area contributed by atoms with Crippen LogP contribution in [0.25, 0.3) is 83.9 Å². The predicted molar refractivity (Wildman–Crippen MR) is 208 cm³/mol. The largest absolute Gasteiger partial charge is 0.507 e. The van der Waals surface area contributed by atoms with Crippen molar-refractivity contribution in [3.05, 3.63) is 175 Å². The molecule has 0 radical (unpaired) electrons. The van der Waals surface area contributed by atoms with E-state index in [1.807, 2.05) is 66.7 Å². The van der Waals surface area contributed by atoms with Gasteiger partial charge in [0.25, 0.3) is 0 Å². The molecule has 0 bridgehead atoms. The number of aromatic hydroxyl groups is 1. The second-order valence-electron chi connectivity index (χ2n) is 12.7. The van der Waals surface area contributed by atoms with Crippen molar-refractivity contribution in [3.63, 3.8) is 0 Å². The number of nitrogens with zero attached hydrogens (tertiary/aromatic N) is 4. The summed E-state index contributed by atoms with van der Waals surface area (Å²) in [5, 5.41) is 13.6. The Bertz CT molecular complexity index is 2700. The molecule has 0 saturated heterocycles. The van der Waals surface area contributed by atoms with E-state index in [4.69, 9.17) is 15.0 Å². The lowest BCUT2D eigenvalue weighted by Gasteiger charge is -2.17. The van der Waals surface area contributed by atoms with Crippen LogP contribution in [0.3, 0.4) is 0 Å². The highest BCUT2D eigenvalue weighted by Gasteiger charge is 2.20. The first-order chi connectivity index (χ1) is 25.1. The third kappa shape index (κ3) is 5.42. The van der Waals surface area contributed by atoms with E-state index in [-0.39, 0.29) is 5.75 Å². The van der Waals surface area contributed by atoms with Crippen molar-refractivity contribution in [3.8, 4) is 67.9 Å². The second-order valence-corrected chi connectivity index (χ2v) is 12.7. The molecule has 0 atom stereocenters. The third-order valence-corrected chi connectivity index (χ3v) is 9.53. The van der Waals surface area contributed by atoms with E-state index in [1.54, 1.807) is 6.07 Å². The van der Waals surface area contributed by atoms with E-state index in [2.05, 4.69) is 109 Å². The van der Waals surface area contributed by atoms with Crippen molar-refractivity contribution < 1.29 is 5.11 Å². The van der Waals surface area contributed by atoms with Gasteiger partial charge >= 0.3 is 0 Å². The number of aryl methyl sites for hydroxylation is 1. The Morgan fingerprint density at radius 3 is 1.69 bits per heavy atom. The lowest BCUT2D eigenvalue weighted by atomic mass is 9.97. The van der Waals surface area contributed by atoms with Crippen LogP contribution in [-0.2, 0) is 0 Å². The number of para-hydroxylation sites is 1. The van der Waals surface area contributed by atoms with E-state index in [0.29, 0.717) is 17.5 Å². The van der Waals surface area contributed by atoms with Crippen LogP contribution in [0, 0.1) is 6.92 Å². The minimum atomic E-state index is 0.233. The lowest BCUT2D eigenvalue weighted by molar-refractivity contribution is 0.477. The summed E-state index contributed by atoms with van der Waals surface area (Å²) in [4.78, 5) is 15.1. The second kappa shape index (κ2) is 12.6. The number of phenols is 1. The molecule has 0 spiro atoms. The van der Waals surface area contributed by atoms with Gasteiger partial charge < -0.3 is 9.67 Å². The molecule has 9 aromatic rings. The van der Waals surface area contributed by atoms with Gasteiger partial charge in [-0.1, -0.05) is 146 Å². The van der Waals surface area contributed by atoms with E-state index in [1.165, 1.54) is 0 Å². The van der Waals surface area contributed by atoms with Crippen LogP contribution in [0.1, 0.15) is 5.56 Å². The van der Waals surface area contributed by atoms with Crippen molar-refractivity contribution >= 4 is 21.8 Å². The fraction of sp³-hybridized carbons (Fsp3) is 0.0217. The van der Waals surface area contributed by atoms with Gasteiger partial charge in [-0.15, -0.1) is 0 Å². The lowest BCUT2D eigenvalue weighted by Crippen LogP contribution is -2.01. The highest BCUT2D eigenvalue weighted by Crippen LogP contribution is 2.42. The van der Waals surface area contributed by atoms with Gasteiger partial charge in [0.15, 0.2) is 17.5 Å². The highest BCUT2D eigenvalue weighted by atomic mass is 16.3. The Morgan fingerprint density at radius 1 is 0.431 bits per heavy atom. The normalized spacial score (nSPS) is 11.3. The minimum Gasteiger partial charge on any atom is -0.507 e. The summed E-state index contributed by atoms with van der Waals surface area (Å²) >= 11 is 0. The molecule has 0 unspecified atom stereocenters. The molecular weight excluding hydrogens is 625 g/mol. The molecule has 0 aliphatic rings. The van der Waals surface area contributed by atoms with E-state index in [0.717, 1.165) is 72.0 Å². The van der Waals surface area contributed by atoms with E-state index < -0.39 is 0 Å². The van der Waals surface area contributed by atoms with E-state index >= 15 is 0 Å². The summed E-state index contributed by atoms with van der Waals surface area (Å²) < 4.78 is 2.25. The molecular formula is C46H32N4O. The minimum absolute atomic E-state index is 0.233. The fourth-order valence-electron chi connectivity index (χ4n) is 7.01. The molecule has 2 aromatic heterocycles. The Morgan fingerprint density at radius 2 is 0.961 bits per heavy atom. The molecule has 0 fully saturated rings. The zero-order chi connectivity index (χ0) is 34.3. The maximum Gasteiger partial charge on any atom is 0.164 e. The Labute approximate surface area is 295 Å². The Hall–Kier alpha value is -6.85. The maximum atomic E-state index is 11.4. The average Bonchev–Trinajstić information content (AvgIpc) is 3.52. The number of hydrogen-bond donors (Lipinski definition) is 1. The molecule has 51 heavy (non-hydrogen) atoms. The first kappa shape index (κ1) is 30.2. The molecule has 0 amide bonds. The summed E-state index contributed by atoms with van der Waals surface area (Å²) in [6.45, 7) is 2.08. The first-order valence-corrected chi connectivity index (χ1v) is 17.0. The van der Waals surface area contributed by atoms with Gasteiger partial charge in [-0.3, -0.25) is 0 Å². The molecule has 0 aliphatic heterocycles. The molecule has 7 aromatic carbocycles. The zero-order valence-corrected chi connectivity index (χ0v) is 27.9. The van der Waals surface area contributed by atoms with Crippen molar-refractivity contribution in [1.29, 1.82) is 0 Å². The summed E-state index contributed by atoms with van der Waals surface area (Å²) in [6, 6.07) is 57.5. The number of hydrogen-bond acceptors (Lipinski definition) is 4. The molecule has 5 nitrogen and oxygen atoms in total. The topological polar surface area (TPSA) is 63.8 Å². The van der Waals surface area contributed by atoms with Gasteiger partial charge in [0.2, 0.25) is 0 Å². The molecule has 2 heterocycles. The van der Waals surface area contributed by atoms with Gasteiger partial charge in [-0.2, -0.15) is 0 Å². The van der Waals surface area contributed by atoms with Crippen LogP contribution >= 0.6 is 0 Å². The fourth-order valence-corrected chi connectivity index (χ4v) is 7.01.